The average molecular weight is 267 g/mol. The van der Waals surface area contributed by atoms with Crippen molar-refractivity contribution in [3.8, 4) is 0 Å². The Labute approximate surface area is 117 Å². The minimum Gasteiger partial charge on any atom is -0.374 e. The SMILES string of the molecule is CCCNC(c1cnn(CCC)c1)C(C)(C)OCC. The van der Waals surface area contributed by atoms with Gasteiger partial charge in [-0.1, -0.05) is 13.8 Å². The van der Waals surface area contributed by atoms with Gasteiger partial charge in [0.05, 0.1) is 17.8 Å². The van der Waals surface area contributed by atoms with Gasteiger partial charge < -0.3 is 10.1 Å². The smallest absolute Gasteiger partial charge is 0.0821 e. The maximum absolute atomic E-state index is 5.91. The largest absolute Gasteiger partial charge is 0.374 e. The lowest BCUT2D eigenvalue weighted by Gasteiger charge is -2.34. The minimum atomic E-state index is -0.232. The van der Waals surface area contributed by atoms with Gasteiger partial charge in [0.15, 0.2) is 0 Å². The number of hydrogen-bond donors (Lipinski definition) is 1. The third-order valence-corrected chi connectivity index (χ3v) is 3.25. The van der Waals surface area contributed by atoms with E-state index in [1.807, 2.05) is 17.8 Å². The molecule has 110 valence electrons. The molecule has 1 N–H and O–H groups in total. The first-order valence-corrected chi connectivity index (χ1v) is 7.44. The molecule has 0 fully saturated rings. The molecule has 0 saturated heterocycles. The van der Waals surface area contributed by atoms with Crippen molar-refractivity contribution in [1.29, 1.82) is 0 Å². The molecule has 0 bridgehead atoms. The van der Waals surface area contributed by atoms with Crippen molar-refractivity contribution in [3.63, 3.8) is 0 Å². The Morgan fingerprint density at radius 2 is 2.05 bits per heavy atom. The van der Waals surface area contributed by atoms with Crippen LogP contribution in [0.4, 0.5) is 0 Å². The molecule has 0 amide bonds. The van der Waals surface area contributed by atoms with Crippen molar-refractivity contribution >= 4 is 0 Å². The number of aromatic nitrogens is 2. The number of nitrogens with zero attached hydrogens (tertiary/aromatic N) is 2. The summed E-state index contributed by atoms with van der Waals surface area (Å²) in [6.45, 7) is 13.3. The fourth-order valence-electron chi connectivity index (χ4n) is 2.39. The molecule has 0 spiro atoms. The molecule has 0 aliphatic carbocycles. The fraction of sp³-hybridized carbons (Fsp3) is 0.800. The van der Waals surface area contributed by atoms with Gasteiger partial charge in [0, 0.05) is 24.9 Å². The van der Waals surface area contributed by atoms with Gasteiger partial charge in [-0.15, -0.1) is 0 Å². The molecule has 0 radical (unpaired) electrons. The van der Waals surface area contributed by atoms with E-state index in [-0.39, 0.29) is 11.6 Å². The van der Waals surface area contributed by atoms with Crippen LogP contribution in [0.1, 0.15) is 59.1 Å². The Morgan fingerprint density at radius 3 is 2.63 bits per heavy atom. The second-order valence-electron chi connectivity index (χ2n) is 5.46. The Kier molecular flexibility index (Phi) is 6.52. The second-order valence-corrected chi connectivity index (χ2v) is 5.46. The third kappa shape index (κ3) is 4.62. The highest BCUT2D eigenvalue weighted by atomic mass is 16.5. The molecule has 19 heavy (non-hydrogen) atoms. The highest BCUT2D eigenvalue weighted by Gasteiger charge is 2.31. The first-order chi connectivity index (χ1) is 9.05. The summed E-state index contributed by atoms with van der Waals surface area (Å²) >= 11 is 0. The van der Waals surface area contributed by atoms with E-state index in [2.05, 4.69) is 44.3 Å². The third-order valence-electron chi connectivity index (χ3n) is 3.25. The molecule has 1 aromatic rings. The van der Waals surface area contributed by atoms with Crippen LogP contribution < -0.4 is 5.32 Å². The van der Waals surface area contributed by atoms with Crippen LogP contribution in [-0.2, 0) is 11.3 Å². The first-order valence-electron chi connectivity index (χ1n) is 7.44. The van der Waals surface area contributed by atoms with Crippen molar-refractivity contribution in [3.05, 3.63) is 18.0 Å². The van der Waals surface area contributed by atoms with E-state index in [1.54, 1.807) is 0 Å². The molecular formula is C15H29N3O. The van der Waals surface area contributed by atoms with Crippen LogP contribution in [0.15, 0.2) is 12.4 Å². The number of ether oxygens (including phenoxy) is 1. The maximum Gasteiger partial charge on any atom is 0.0821 e. The predicted octanol–water partition coefficient (Wildman–Crippen LogP) is 3.15. The van der Waals surface area contributed by atoms with Gasteiger partial charge >= 0.3 is 0 Å². The van der Waals surface area contributed by atoms with Crippen molar-refractivity contribution in [2.24, 2.45) is 0 Å². The fourth-order valence-corrected chi connectivity index (χ4v) is 2.39. The molecular weight excluding hydrogens is 238 g/mol. The monoisotopic (exact) mass is 267 g/mol. The standard InChI is InChI=1S/C15H29N3O/c1-6-9-16-14(15(4,5)19-8-3)13-11-17-18(12-13)10-7-2/h11-12,14,16H,6-10H2,1-5H3. The summed E-state index contributed by atoms with van der Waals surface area (Å²) in [7, 11) is 0. The zero-order valence-corrected chi connectivity index (χ0v) is 13.1. The molecule has 1 atom stereocenters. The summed E-state index contributed by atoms with van der Waals surface area (Å²) in [4.78, 5) is 0. The lowest BCUT2D eigenvalue weighted by atomic mass is 9.93. The summed E-state index contributed by atoms with van der Waals surface area (Å²) in [5.74, 6) is 0. The Balaban J connectivity index is 2.87. The van der Waals surface area contributed by atoms with E-state index in [1.165, 1.54) is 5.56 Å². The van der Waals surface area contributed by atoms with Gasteiger partial charge in [0.25, 0.3) is 0 Å². The molecule has 1 aromatic heterocycles. The van der Waals surface area contributed by atoms with Gasteiger partial charge in [-0.2, -0.15) is 5.10 Å². The summed E-state index contributed by atoms with van der Waals surface area (Å²) in [6.07, 6.45) is 6.31. The van der Waals surface area contributed by atoms with Crippen LogP contribution in [0.25, 0.3) is 0 Å². The molecule has 0 aliphatic rings. The topological polar surface area (TPSA) is 39.1 Å². The van der Waals surface area contributed by atoms with E-state index >= 15 is 0 Å². The van der Waals surface area contributed by atoms with E-state index < -0.39 is 0 Å². The number of rotatable bonds is 9. The molecule has 0 aliphatic heterocycles. The van der Waals surface area contributed by atoms with Gasteiger partial charge in [-0.25, -0.2) is 0 Å². The average Bonchev–Trinajstić information content (AvgIpc) is 2.78. The van der Waals surface area contributed by atoms with Crippen molar-refractivity contribution in [2.75, 3.05) is 13.2 Å². The van der Waals surface area contributed by atoms with Crippen LogP contribution in [0, 0.1) is 0 Å². The van der Waals surface area contributed by atoms with E-state index in [4.69, 9.17) is 4.74 Å². The van der Waals surface area contributed by atoms with E-state index in [9.17, 15) is 0 Å². The quantitative estimate of drug-likeness (QED) is 0.747. The Morgan fingerprint density at radius 1 is 1.32 bits per heavy atom. The zero-order valence-electron chi connectivity index (χ0n) is 13.1. The lowest BCUT2D eigenvalue weighted by Crippen LogP contribution is -2.41. The molecule has 1 heterocycles. The highest BCUT2D eigenvalue weighted by molar-refractivity contribution is 5.15. The summed E-state index contributed by atoms with van der Waals surface area (Å²) < 4.78 is 7.92. The van der Waals surface area contributed by atoms with Crippen LogP contribution in [0.5, 0.6) is 0 Å². The number of hydrogen-bond acceptors (Lipinski definition) is 3. The van der Waals surface area contributed by atoms with Crippen molar-refractivity contribution in [1.82, 2.24) is 15.1 Å². The van der Waals surface area contributed by atoms with Crippen LogP contribution >= 0.6 is 0 Å². The lowest BCUT2D eigenvalue weighted by molar-refractivity contribution is -0.0391. The van der Waals surface area contributed by atoms with Gasteiger partial charge in [-0.05, 0) is 40.2 Å². The van der Waals surface area contributed by atoms with Crippen LogP contribution in [0.2, 0.25) is 0 Å². The second kappa shape index (κ2) is 7.65. The zero-order chi connectivity index (χ0) is 14.3. The van der Waals surface area contributed by atoms with Crippen molar-refractivity contribution in [2.45, 2.75) is 65.6 Å². The van der Waals surface area contributed by atoms with Crippen molar-refractivity contribution < 1.29 is 4.74 Å². The predicted molar refractivity (Wildman–Crippen MR) is 79.3 cm³/mol. The Hall–Kier alpha value is -0.870. The summed E-state index contributed by atoms with van der Waals surface area (Å²) in [5, 5.41) is 8.02. The summed E-state index contributed by atoms with van der Waals surface area (Å²) in [5.41, 5.74) is 0.977. The van der Waals surface area contributed by atoms with Crippen LogP contribution in [-0.4, -0.2) is 28.5 Å². The molecule has 0 saturated carbocycles. The number of nitrogens with one attached hydrogen (secondary N) is 1. The van der Waals surface area contributed by atoms with Crippen LogP contribution in [0.3, 0.4) is 0 Å². The molecule has 1 rings (SSSR count). The maximum atomic E-state index is 5.91. The molecule has 4 nitrogen and oxygen atoms in total. The highest BCUT2D eigenvalue weighted by Crippen LogP contribution is 2.28. The first kappa shape index (κ1) is 16.2. The Bertz CT molecular complexity index is 360. The van der Waals surface area contributed by atoms with Gasteiger partial charge in [-0.3, -0.25) is 4.68 Å². The summed E-state index contributed by atoms with van der Waals surface area (Å²) in [6, 6.07) is 0.179. The number of aryl methyl sites for hydroxylation is 1. The molecule has 1 unspecified atom stereocenters. The van der Waals surface area contributed by atoms with E-state index in [0.29, 0.717) is 0 Å². The molecule has 4 heteroatoms. The normalized spacial score (nSPS) is 13.7. The van der Waals surface area contributed by atoms with Gasteiger partial charge in [0.2, 0.25) is 0 Å². The minimum absolute atomic E-state index is 0.179. The van der Waals surface area contributed by atoms with E-state index in [0.717, 1.165) is 32.5 Å². The van der Waals surface area contributed by atoms with Gasteiger partial charge in [0.1, 0.15) is 0 Å². The molecule has 0 aromatic carbocycles.